The molecule has 1 aliphatic rings. The van der Waals surface area contributed by atoms with E-state index in [4.69, 9.17) is 0 Å². The first-order valence-corrected chi connectivity index (χ1v) is 8.98. The SMILES string of the molecule is CC(=O)Nc1ccc(/C=C/C(=O)N2CCCc3cc(Br)ccc32)cc1. The van der Waals surface area contributed by atoms with Crippen molar-refractivity contribution >= 4 is 45.2 Å². The molecule has 25 heavy (non-hydrogen) atoms. The van der Waals surface area contributed by atoms with E-state index in [9.17, 15) is 9.59 Å². The molecule has 0 atom stereocenters. The summed E-state index contributed by atoms with van der Waals surface area (Å²) in [6.07, 6.45) is 5.36. The Morgan fingerprint density at radius 2 is 1.92 bits per heavy atom. The number of benzene rings is 2. The topological polar surface area (TPSA) is 49.4 Å². The zero-order valence-electron chi connectivity index (χ0n) is 14.0. The van der Waals surface area contributed by atoms with Crippen LogP contribution < -0.4 is 10.2 Å². The number of hydrogen-bond donors (Lipinski definition) is 1. The van der Waals surface area contributed by atoms with Crippen molar-refractivity contribution in [1.82, 2.24) is 0 Å². The summed E-state index contributed by atoms with van der Waals surface area (Å²) < 4.78 is 1.04. The number of halogens is 1. The molecule has 1 aliphatic heterocycles. The number of amides is 2. The van der Waals surface area contributed by atoms with E-state index < -0.39 is 0 Å². The number of carbonyl (C=O) groups is 2. The van der Waals surface area contributed by atoms with Crippen LogP contribution in [0.3, 0.4) is 0 Å². The monoisotopic (exact) mass is 398 g/mol. The Morgan fingerprint density at radius 1 is 1.16 bits per heavy atom. The Kier molecular flexibility index (Phi) is 5.34. The van der Waals surface area contributed by atoms with Crippen molar-refractivity contribution in [2.45, 2.75) is 19.8 Å². The van der Waals surface area contributed by atoms with E-state index in [1.165, 1.54) is 12.5 Å². The van der Waals surface area contributed by atoms with E-state index in [1.54, 1.807) is 12.2 Å². The second kappa shape index (κ2) is 7.66. The Labute approximate surface area is 155 Å². The number of nitrogens with one attached hydrogen (secondary N) is 1. The molecule has 0 unspecified atom stereocenters. The fourth-order valence-corrected chi connectivity index (χ4v) is 3.34. The van der Waals surface area contributed by atoms with Gasteiger partial charge in [0.2, 0.25) is 5.91 Å². The van der Waals surface area contributed by atoms with Gasteiger partial charge in [0, 0.05) is 35.4 Å². The minimum Gasteiger partial charge on any atom is -0.326 e. The largest absolute Gasteiger partial charge is 0.326 e. The first-order valence-electron chi connectivity index (χ1n) is 8.18. The summed E-state index contributed by atoms with van der Waals surface area (Å²) in [6, 6.07) is 13.4. The third-order valence-corrected chi connectivity index (χ3v) is 4.57. The maximum Gasteiger partial charge on any atom is 0.250 e. The van der Waals surface area contributed by atoms with Crippen molar-refractivity contribution < 1.29 is 9.59 Å². The highest BCUT2D eigenvalue weighted by molar-refractivity contribution is 9.10. The molecular weight excluding hydrogens is 380 g/mol. The molecule has 128 valence electrons. The lowest BCUT2D eigenvalue weighted by Gasteiger charge is -2.28. The number of carbonyl (C=O) groups excluding carboxylic acids is 2. The van der Waals surface area contributed by atoms with Gasteiger partial charge in [-0.25, -0.2) is 0 Å². The van der Waals surface area contributed by atoms with Gasteiger partial charge < -0.3 is 10.2 Å². The highest BCUT2D eigenvalue weighted by atomic mass is 79.9. The number of anilines is 2. The summed E-state index contributed by atoms with van der Waals surface area (Å²) in [5, 5.41) is 2.72. The molecule has 1 N–H and O–H groups in total. The summed E-state index contributed by atoms with van der Waals surface area (Å²) in [6.45, 7) is 2.21. The number of rotatable bonds is 3. The van der Waals surface area contributed by atoms with Gasteiger partial charge in [0.25, 0.3) is 5.91 Å². The molecule has 0 radical (unpaired) electrons. The quantitative estimate of drug-likeness (QED) is 0.778. The van der Waals surface area contributed by atoms with Crippen LogP contribution in [-0.4, -0.2) is 18.4 Å². The van der Waals surface area contributed by atoms with Crippen LogP contribution in [0.4, 0.5) is 11.4 Å². The standard InChI is InChI=1S/C20H19BrN2O2/c1-14(24)22-18-8-4-15(5-9-18)6-11-20(25)23-12-2-3-16-13-17(21)7-10-19(16)23/h4-11,13H,2-3,12H2,1H3,(H,22,24)/b11-6+. The Morgan fingerprint density at radius 3 is 2.64 bits per heavy atom. The van der Waals surface area contributed by atoms with Crippen molar-refractivity contribution in [3.8, 4) is 0 Å². The van der Waals surface area contributed by atoms with Gasteiger partial charge in [-0.05, 0) is 60.4 Å². The highest BCUT2D eigenvalue weighted by Crippen LogP contribution is 2.30. The molecule has 5 heteroatoms. The zero-order chi connectivity index (χ0) is 17.8. The van der Waals surface area contributed by atoms with Crippen LogP contribution in [0.2, 0.25) is 0 Å². The summed E-state index contributed by atoms with van der Waals surface area (Å²) in [4.78, 5) is 25.5. The summed E-state index contributed by atoms with van der Waals surface area (Å²) in [5.41, 5.74) is 3.84. The molecule has 0 saturated carbocycles. The van der Waals surface area contributed by atoms with Gasteiger partial charge in [-0.3, -0.25) is 9.59 Å². The van der Waals surface area contributed by atoms with Crippen LogP contribution in [0.1, 0.15) is 24.5 Å². The fourth-order valence-electron chi connectivity index (χ4n) is 2.93. The number of nitrogens with zero attached hydrogens (tertiary/aromatic N) is 1. The predicted octanol–water partition coefficient (Wildman–Crippen LogP) is 4.40. The van der Waals surface area contributed by atoms with Crippen LogP contribution in [0.5, 0.6) is 0 Å². The average Bonchev–Trinajstić information content (AvgIpc) is 2.59. The second-order valence-electron chi connectivity index (χ2n) is 6.00. The zero-order valence-corrected chi connectivity index (χ0v) is 15.5. The van der Waals surface area contributed by atoms with Gasteiger partial charge >= 0.3 is 0 Å². The molecule has 1 heterocycles. The van der Waals surface area contributed by atoms with Crippen LogP contribution >= 0.6 is 15.9 Å². The molecule has 0 fully saturated rings. The highest BCUT2D eigenvalue weighted by Gasteiger charge is 2.20. The maximum absolute atomic E-state index is 12.6. The Hall–Kier alpha value is -2.40. The molecule has 0 aliphatic carbocycles. The molecule has 2 aromatic rings. The molecular formula is C20H19BrN2O2. The van der Waals surface area contributed by atoms with Crippen molar-refractivity contribution in [2.24, 2.45) is 0 Å². The average molecular weight is 399 g/mol. The first kappa shape index (κ1) is 17.4. The van der Waals surface area contributed by atoms with Gasteiger partial charge in [0.15, 0.2) is 0 Å². The third kappa shape index (κ3) is 4.37. The molecule has 3 rings (SSSR count). The van der Waals surface area contributed by atoms with Crippen LogP contribution in [0.25, 0.3) is 6.08 Å². The van der Waals surface area contributed by atoms with Crippen molar-refractivity contribution in [3.63, 3.8) is 0 Å². The van der Waals surface area contributed by atoms with E-state index in [0.717, 1.165) is 40.8 Å². The molecule has 0 bridgehead atoms. The summed E-state index contributed by atoms with van der Waals surface area (Å²) in [5.74, 6) is -0.122. The second-order valence-corrected chi connectivity index (χ2v) is 6.92. The van der Waals surface area contributed by atoms with Gasteiger partial charge in [-0.1, -0.05) is 28.1 Å². The number of aryl methyl sites for hydroxylation is 1. The third-order valence-electron chi connectivity index (χ3n) is 4.08. The predicted molar refractivity (Wildman–Crippen MR) is 105 cm³/mol. The van der Waals surface area contributed by atoms with Crippen LogP contribution in [0, 0.1) is 0 Å². The lowest BCUT2D eigenvalue weighted by Crippen LogP contribution is -2.34. The number of fused-ring (bicyclic) bond motifs is 1. The van der Waals surface area contributed by atoms with E-state index in [0.29, 0.717) is 0 Å². The van der Waals surface area contributed by atoms with Gasteiger partial charge in [0.1, 0.15) is 0 Å². The van der Waals surface area contributed by atoms with Crippen molar-refractivity contribution in [2.75, 3.05) is 16.8 Å². The van der Waals surface area contributed by atoms with E-state index in [1.807, 2.05) is 41.3 Å². The summed E-state index contributed by atoms with van der Waals surface area (Å²) >= 11 is 3.49. The molecule has 0 saturated heterocycles. The van der Waals surface area contributed by atoms with Gasteiger partial charge in [-0.15, -0.1) is 0 Å². The Balaban J connectivity index is 1.72. The van der Waals surface area contributed by atoms with Crippen LogP contribution in [-0.2, 0) is 16.0 Å². The molecule has 2 amide bonds. The van der Waals surface area contributed by atoms with E-state index >= 15 is 0 Å². The minimum absolute atomic E-state index is 0.0193. The lowest BCUT2D eigenvalue weighted by atomic mass is 10.0. The smallest absolute Gasteiger partial charge is 0.250 e. The lowest BCUT2D eigenvalue weighted by molar-refractivity contribution is -0.115. The van der Waals surface area contributed by atoms with E-state index in [-0.39, 0.29) is 11.8 Å². The fraction of sp³-hybridized carbons (Fsp3) is 0.200. The van der Waals surface area contributed by atoms with Gasteiger partial charge in [0.05, 0.1) is 0 Å². The normalized spacial score (nSPS) is 13.6. The molecule has 4 nitrogen and oxygen atoms in total. The first-order chi connectivity index (χ1) is 12.0. The molecule has 0 aromatic heterocycles. The van der Waals surface area contributed by atoms with Crippen molar-refractivity contribution in [1.29, 1.82) is 0 Å². The minimum atomic E-state index is -0.103. The van der Waals surface area contributed by atoms with Crippen molar-refractivity contribution in [3.05, 3.63) is 64.1 Å². The van der Waals surface area contributed by atoms with E-state index in [2.05, 4.69) is 27.3 Å². The number of hydrogen-bond acceptors (Lipinski definition) is 2. The maximum atomic E-state index is 12.6. The van der Waals surface area contributed by atoms with Crippen LogP contribution in [0.15, 0.2) is 53.0 Å². The summed E-state index contributed by atoms with van der Waals surface area (Å²) in [7, 11) is 0. The Bertz CT molecular complexity index is 828. The molecule has 0 spiro atoms. The van der Waals surface area contributed by atoms with Gasteiger partial charge in [-0.2, -0.15) is 0 Å². The molecule has 2 aromatic carbocycles.